The summed E-state index contributed by atoms with van der Waals surface area (Å²) in [5, 5.41) is 4.41. The number of carbonyl (C=O) groups excluding carboxylic acids is 3. The van der Waals surface area contributed by atoms with Crippen LogP contribution in [-0.4, -0.2) is 34.7 Å². The van der Waals surface area contributed by atoms with Gasteiger partial charge in [-0.25, -0.2) is 4.79 Å². The van der Waals surface area contributed by atoms with Crippen molar-refractivity contribution in [1.29, 1.82) is 0 Å². The van der Waals surface area contributed by atoms with Gasteiger partial charge in [-0.3, -0.25) is 14.5 Å². The van der Waals surface area contributed by atoms with E-state index in [0.717, 1.165) is 4.90 Å². The lowest BCUT2D eigenvalue weighted by atomic mass is 9.99. The number of ketones is 1. The number of rotatable bonds is 4. The predicted octanol–water partition coefficient (Wildman–Crippen LogP) is 1.65. The maximum absolute atomic E-state index is 12.1. The standard InChI is InChI=1S/C12H14N2O3S/c1-3-12(2)10(16)14(11(17)13-12)7-8(15)9-5-4-6-18-9/h4-6H,3,7H2,1-2H3,(H,13,17)/t12-/m1/s1. The number of hydrogen-bond acceptors (Lipinski definition) is 4. The molecule has 0 bridgehead atoms. The van der Waals surface area contributed by atoms with E-state index in [9.17, 15) is 14.4 Å². The monoisotopic (exact) mass is 266 g/mol. The Labute approximate surface area is 109 Å². The molecule has 0 spiro atoms. The van der Waals surface area contributed by atoms with Crippen molar-refractivity contribution in [1.82, 2.24) is 10.2 Å². The first-order valence-electron chi connectivity index (χ1n) is 5.69. The molecule has 0 radical (unpaired) electrons. The first kappa shape index (κ1) is 12.8. The molecule has 5 nitrogen and oxygen atoms in total. The van der Waals surface area contributed by atoms with Crippen molar-refractivity contribution in [2.75, 3.05) is 6.54 Å². The molecule has 0 aliphatic carbocycles. The van der Waals surface area contributed by atoms with Crippen LogP contribution in [0.5, 0.6) is 0 Å². The molecule has 6 heteroatoms. The highest BCUT2D eigenvalue weighted by Gasteiger charge is 2.46. The van der Waals surface area contributed by atoms with Gasteiger partial charge in [0.25, 0.3) is 5.91 Å². The Morgan fingerprint density at radius 2 is 2.22 bits per heavy atom. The lowest BCUT2D eigenvalue weighted by molar-refractivity contribution is -0.130. The number of Topliss-reactive ketones (excluding diaryl/α,β-unsaturated/α-hetero) is 1. The molecular weight excluding hydrogens is 252 g/mol. The smallest absolute Gasteiger partial charge is 0.323 e. The van der Waals surface area contributed by atoms with Crippen molar-refractivity contribution in [2.24, 2.45) is 0 Å². The summed E-state index contributed by atoms with van der Waals surface area (Å²) in [6.07, 6.45) is 0.501. The van der Waals surface area contributed by atoms with E-state index in [4.69, 9.17) is 0 Å². The highest BCUT2D eigenvalue weighted by molar-refractivity contribution is 7.12. The molecule has 2 rings (SSSR count). The SMILES string of the molecule is CC[C@@]1(C)NC(=O)N(CC(=O)c2cccs2)C1=O. The zero-order chi connectivity index (χ0) is 13.3. The number of hydrogen-bond donors (Lipinski definition) is 1. The molecule has 1 atom stereocenters. The first-order valence-corrected chi connectivity index (χ1v) is 6.56. The van der Waals surface area contributed by atoms with Crippen LogP contribution in [-0.2, 0) is 4.79 Å². The fraction of sp³-hybridized carbons (Fsp3) is 0.417. The molecule has 1 aromatic rings. The Hall–Kier alpha value is -1.69. The van der Waals surface area contributed by atoms with Crippen LogP contribution < -0.4 is 5.32 Å². The van der Waals surface area contributed by atoms with Crippen molar-refractivity contribution < 1.29 is 14.4 Å². The van der Waals surface area contributed by atoms with E-state index in [1.165, 1.54) is 11.3 Å². The molecule has 18 heavy (non-hydrogen) atoms. The summed E-state index contributed by atoms with van der Waals surface area (Å²) in [5.41, 5.74) is -0.882. The molecule has 1 fully saturated rings. The highest BCUT2D eigenvalue weighted by Crippen LogP contribution is 2.21. The minimum absolute atomic E-state index is 0.194. The topological polar surface area (TPSA) is 66.5 Å². The molecule has 1 aliphatic heterocycles. The van der Waals surface area contributed by atoms with Gasteiger partial charge in [-0.1, -0.05) is 13.0 Å². The van der Waals surface area contributed by atoms with Crippen LogP contribution in [0.15, 0.2) is 17.5 Å². The second-order valence-electron chi connectivity index (χ2n) is 4.41. The van der Waals surface area contributed by atoms with Crippen LogP contribution in [0.2, 0.25) is 0 Å². The summed E-state index contributed by atoms with van der Waals surface area (Å²) in [6.45, 7) is 3.30. The molecule has 2 heterocycles. The average molecular weight is 266 g/mol. The fourth-order valence-electron chi connectivity index (χ4n) is 1.79. The van der Waals surface area contributed by atoms with Crippen LogP contribution in [0.3, 0.4) is 0 Å². The van der Waals surface area contributed by atoms with E-state index in [1.54, 1.807) is 24.4 Å². The van der Waals surface area contributed by atoms with E-state index >= 15 is 0 Å². The summed E-state index contributed by atoms with van der Waals surface area (Å²) < 4.78 is 0. The third-order valence-corrected chi connectivity index (χ3v) is 4.06. The van der Waals surface area contributed by atoms with Crippen LogP contribution >= 0.6 is 11.3 Å². The predicted molar refractivity (Wildman–Crippen MR) is 67.6 cm³/mol. The van der Waals surface area contributed by atoms with Gasteiger partial charge in [0.05, 0.1) is 11.4 Å². The summed E-state index contributed by atoms with van der Waals surface area (Å²) in [4.78, 5) is 37.2. The van der Waals surface area contributed by atoms with Crippen molar-refractivity contribution in [3.63, 3.8) is 0 Å². The number of amides is 3. The summed E-state index contributed by atoms with van der Waals surface area (Å²) in [5.74, 6) is -0.547. The number of carbonyl (C=O) groups is 3. The molecular formula is C12H14N2O3S. The molecule has 96 valence electrons. The Morgan fingerprint density at radius 1 is 1.50 bits per heavy atom. The maximum atomic E-state index is 12.1. The summed E-state index contributed by atoms with van der Waals surface area (Å²) >= 11 is 1.30. The molecule has 1 aliphatic rings. The Bertz CT molecular complexity index is 497. The first-order chi connectivity index (χ1) is 8.48. The van der Waals surface area contributed by atoms with E-state index in [2.05, 4.69) is 5.32 Å². The Morgan fingerprint density at radius 3 is 2.72 bits per heavy atom. The lowest BCUT2D eigenvalue weighted by Gasteiger charge is -2.18. The number of nitrogens with one attached hydrogen (secondary N) is 1. The Kier molecular flexibility index (Phi) is 3.21. The van der Waals surface area contributed by atoms with E-state index < -0.39 is 11.6 Å². The van der Waals surface area contributed by atoms with Crippen molar-refractivity contribution in [3.8, 4) is 0 Å². The van der Waals surface area contributed by atoms with Gasteiger partial charge in [-0.2, -0.15) is 0 Å². The van der Waals surface area contributed by atoms with Crippen LogP contribution in [0.1, 0.15) is 29.9 Å². The van der Waals surface area contributed by atoms with Crippen molar-refractivity contribution in [3.05, 3.63) is 22.4 Å². The third kappa shape index (κ3) is 2.03. The minimum Gasteiger partial charge on any atom is -0.323 e. The zero-order valence-electron chi connectivity index (χ0n) is 10.2. The number of urea groups is 1. The summed E-state index contributed by atoms with van der Waals surface area (Å²) in [6, 6.07) is 2.96. The van der Waals surface area contributed by atoms with Gasteiger partial charge < -0.3 is 5.32 Å². The van der Waals surface area contributed by atoms with E-state index in [-0.39, 0.29) is 18.2 Å². The summed E-state index contributed by atoms with van der Waals surface area (Å²) in [7, 11) is 0. The van der Waals surface area contributed by atoms with Gasteiger partial charge >= 0.3 is 6.03 Å². The average Bonchev–Trinajstić information content (AvgIpc) is 2.93. The lowest BCUT2D eigenvalue weighted by Crippen LogP contribution is -2.43. The molecule has 0 aromatic carbocycles. The second kappa shape index (κ2) is 4.53. The normalized spacial score (nSPS) is 23.3. The maximum Gasteiger partial charge on any atom is 0.325 e. The van der Waals surface area contributed by atoms with Crippen LogP contribution in [0.4, 0.5) is 4.79 Å². The van der Waals surface area contributed by atoms with E-state index in [0.29, 0.717) is 11.3 Å². The minimum atomic E-state index is -0.882. The molecule has 1 saturated heterocycles. The molecule has 0 saturated carbocycles. The van der Waals surface area contributed by atoms with Crippen LogP contribution in [0, 0.1) is 0 Å². The van der Waals surface area contributed by atoms with Gasteiger partial charge in [-0.05, 0) is 24.8 Å². The number of nitrogens with zero attached hydrogens (tertiary/aromatic N) is 1. The number of imide groups is 1. The molecule has 0 unspecified atom stereocenters. The molecule has 3 amide bonds. The third-order valence-electron chi connectivity index (χ3n) is 3.15. The Balaban J connectivity index is 2.13. The largest absolute Gasteiger partial charge is 0.325 e. The fourth-order valence-corrected chi connectivity index (χ4v) is 2.45. The van der Waals surface area contributed by atoms with Gasteiger partial charge in [0.2, 0.25) is 0 Å². The quantitative estimate of drug-likeness (QED) is 0.665. The van der Waals surface area contributed by atoms with Gasteiger partial charge in [0.15, 0.2) is 5.78 Å². The molecule has 1 N–H and O–H groups in total. The van der Waals surface area contributed by atoms with E-state index in [1.807, 2.05) is 6.92 Å². The van der Waals surface area contributed by atoms with Crippen molar-refractivity contribution in [2.45, 2.75) is 25.8 Å². The second-order valence-corrected chi connectivity index (χ2v) is 5.36. The van der Waals surface area contributed by atoms with Gasteiger partial charge in [0.1, 0.15) is 5.54 Å². The van der Waals surface area contributed by atoms with Crippen molar-refractivity contribution >= 4 is 29.1 Å². The zero-order valence-corrected chi connectivity index (χ0v) is 11.0. The van der Waals surface area contributed by atoms with Crippen LogP contribution in [0.25, 0.3) is 0 Å². The molecule has 1 aromatic heterocycles. The number of thiophene rings is 1. The van der Waals surface area contributed by atoms with Gasteiger partial charge in [0, 0.05) is 0 Å². The van der Waals surface area contributed by atoms with Gasteiger partial charge in [-0.15, -0.1) is 11.3 Å². The highest BCUT2D eigenvalue weighted by atomic mass is 32.1.